The molecule has 0 bridgehead atoms. The van der Waals surface area contributed by atoms with Crippen LogP contribution < -0.4 is 10.6 Å². The van der Waals surface area contributed by atoms with Gasteiger partial charge in [0.15, 0.2) is 5.65 Å². The summed E-state index contributed by atoms with van der Waals surface area (Å²) in [6, 6.07) is 1.72. The minimum atomic E-state index is -0.127. The van der Waals surface area contributed by atoms with E-state index in [2.05, 4.69) is 25.6 Å². The molecule has 132 valence electrons. The van der Waals surface area contributed by atoms with Crippen LogP contribution in [0.4, 0.5) is 0 Å². The van der Waals surface area contributed by atoms with Crippen molar-refractivity contribution in [3.05, 3.63) is 34.0 Å². The lowest BCUT2D eigenvalue weighted by Gasteiger charge is -2.16. The van der Waals surface area contributed by atoms with Crippen molar-refractivity contribution < 1.29 is 4.79 Å². The molecule has 0 radical (unpaired) electrons. The number of carbonyl (C=O) groups is 1. The topological polar surface area (TPSA) is 85.9 Å². The van der Waals surface area contributed by atoms with Crippen LogP contribution in [0.25, 0.3) is 11.2 Å². The van der Waals surface area contributed by atoms with Gasteiger partial charge in [-0.3, -0.25) is 4.79 Å². The van der Waals surface area contributed by atoms with Crippen molar-refractivity contribution in [2.24, 2.45) is 0 Å². The Morgan fingerprint density at radius 1 is 1.40 bits per heavy atom. The van der Waals surface area contributed by atoms with Crippen molar-refractivity contribution in [3.63, 3.8) is 0 Å². The molecule has 0 aromatic carbocycles. The molecule has 0 unspecified atom stereocenters. The summed E-state index contributed by atoms with van der Waals surface area (Å²) in [5.41, 5.74) is 1.89. The average Bonchev–Trinajstić information content (AvgIpc) is 3.30. The van der Waals surface area contributed by atoms with Gasteiger partial charge in [-0.1, -0.05) is 23.2 Å². The highest BCUT2D eigenvalue weighted by molar-refractivity contribution is 6.38. The summed E-state index contributed by atoms with van der Waals surface area (Å²) in [4.78, 5) is 26.4. The summed E-state index contributed by atoms with van der Waals surface area (Å²) in [6.07, 6.45) is 4.68. The quantitative estimate of drug-likeness (QED) is 0.529. The van der Waals surface area contributed by atoms with E-state index in [9.17, 15) is 4.79 Å². The van der Waals surface area contributed by atoms with E-state index in [-0.39, 0.29) is 5.91 Å². The van der Waals surface area contributed by atoms with E-state index < -0.39 is 0 Å². The number of aromatic amines is 1. The number of hydrogen-bond donors (Lipinski definition) is 3. The van der Waals surface area contributed by atoms with E-state index in [1.165, 1.54) is 0 Å². The van der Waals surface area contributed by atoms with Crippen LogP contribution in [0.5, 0.6) is 0 Å². The SMILES string of the molecule is O=C(NCCCN1CNC(Cl)=C1Cl)c1ccnc2nc(C3CC3)[nH]c12. The number of nitrogens with zero attached hydrogens (tertiary/aromatic N) is 3. The van der Waals surface area contributed by atoms with Crippen LogP contribution >= 0.6 is 23.2 Å². The van der Waals surface area contributed by atoms with Gasteiger partial charge in [0.25, 0.3) is 5.91 Å². The molecule has 25 heavy (non-hydrogen) atoms. The summed E-state index contributed by atoms with van der Waals surface area (Å²) in [7, 11) is 0. The molecule has 2 aromatic rings. The zero-order chi connectivity index (χ0) is 17.4. The third-order valence-corrected chi connectivity index (χ3v) is 5.23. The Hall–Kier alpha value is -1.99. The molecular weight excluding hydrogens is 363 g/mol. The molecule has 3 heterocycles. The van der Waals surface area contributed by atoms with Gasteiger partial charge in [-0.25, -0.2) is 9.97 Å². The Kier molecular flexibility index (Phi) is 4.43. The van der Waals surface area contributed by atoms with Crippen LogP contribution in [-0.2, 0) is 0 Å². The van der Waals surface area contributed by atoms with Crippen LogP contribution in [0.15, 0.2) is 22.6 Å². The third-order valence-electron chi connectivity index (χ3n) is 4.39. The van der Waals surface area contributed by atoms with E-state index in [1.807, 2.05) is 4.90 Å². The van der Waals surface area contributed by atoms with Crippen LogP contribution in [-0.4, -0.2) is 45.5 Å². The number of nitrogens with one attached hydrogen (secondary N) is 3. The zero-order valence-electron chi connectivity index (χ0n) is 13.5. The van der Waals surface area contributed by atoms with Crippen molar-refractivity contribution >= 4 is 40.3 Å². The van der Waals surface area contributed by atoms with E-state index in [0.29, 0.717) is 52.7 Å². The van der Waals surface area contributed by atoms with Gasteiger partial charge in [0.2, 0.25) is 0 Å². The molecule has 0 saturated heterocycles. The van der Waals surface area contributed by atoms with Gasteiger partial charge in [-0.2, -0.15) is 0 Å². The second-order valence-electron chi connectivity index (χ2n) is 6.27. The van der Waals surface area contributed by atoms with Crippen molar-refractivity contribution in [1.82, 2.24) is 30.5 Å². The molecule has 0 spiro atoms. The van der Waals surface area contributed by atoms with Crippen LogP contribution in [0.1, 0.15) is 41.4 Å². The number of amides is 1. The van der Waals surface area contributed by atoms with Gasteiger partial charge in [0.1, 0.15) is 16.1 Å². The summed E-state index contributed by atoms with van der Waals surface area (Å²) < 4.78 is 0. The Bertz CT molecular complexity index is 844. The molecule has 1 aliphatic carbocycles. The van der Waals surface area contributed by atoms with E-state index in [1.54, 1.807) is 12.3 Å². The standard InChI is InChI=1S/C16H18Cl2N6O/c17-12-13(18)24(8-21-12)7-1-5-20-16(25)10-4-6-19-15-11(10)22-14(23-15)9-2-3-9/h4,6,9,21H,1-3,5,7-8H2,(H,20,25)(H,19,22,23). The van der Waals surface area contributed by atoms with E-state index >= 15 is 0 Å². The second kappa shape index (κ2) is 6.72. The number of halogens is 2. The number of aromatic nitrogens is 3. The second-order valence-corrected chi connectivity index (χ2v) is 7.00. The molecule has 7 nitrogen and oxygen atoms in total. The number of fused-ring (bicyclic) bond motifs is 1. The molecule has 2 aliphatic rings. The Balaban J connectivity index is 1.36. The summed E-state index contributed by atoms with van der Waals surface area (Å²) in [5, 5.41) is 6.90. The van der Waals surface area contributed by atoms with Gasteiger partial charge in [-0.05, 0) is 25.3 Å². The van der Waals surface area contributed by atoms with Gasteiger partial charge >= 0.3 is 0 Å². The maximum absolute atomic E-state index is 12.5. The lowest BCUT2D eigenvalue weighted by Crippen LogP contribution is -2.29. The molecule has 1 aliphatic heterocycles. The van der Waals surface area contributed by atoms with Gasteiger partial charge < -0.3 is 20.5 Å². The first kappa shape index (κ1) is 16.5. The van der Waals surface area contributed by atoms with E-state index in [4.69, 9.17) is 23.2 Å². The number of H-pyrrole nitrogens is 1. The third kappa shape index (κ3) is 3.39. The predicted molar refractivity (Wildman–Crippen MR) is 96.3 cm³/mol. The molecule has 9 heteroatoms. The fourth-order valence-electron chi connectivity index (χ4n) is 2.86. The highest BCUT2D eigenvalue weighted by Gasteiger charge is 2.28. The minimum absolute atomic E-state index is 0.127. The molecule has 1 amide bonds. The molecule has 0 atom stereocenters. The van der Waals surface area contributed by atoms with Crippen LogP contribution in [0.2, 0.25) is 0 Å². The summed E-state index contributed by atoms with van der Waals surface area (Å²) in [5.74, 6) is 1.30. The number of rotatable bonds is 6. The van der Waals surface area contributed by atoms with Gasteiger partial charge in [0.05, 0.1) is 17.7 Å². The summed E-state index contributed by atoms with van der Waals surface area (Å²) >= 11 is 12.0. The van der Waals surface area contributed by atoms with E-state index in [0.717, 1.165) is 25.1 Å². The first-order chi connectivity index (χ1) is 12.1. The Labute approximate surface area is 154 Å². The zero-order valence-corrected chi connectivity index (χ0v) is 15.0. The highest BCUT2D eigenvalue weighted by Crippen LogP contribution is 2.39. The molecule has 3 N–H and O–H groups in total. The molecule has 1 fully saturated rings. The monoisotopic (exact) mass is 380 g/mol. The first-order valence-corrected chi connectivity index (χ1v) is 9.06. The lowest BCUT2D eigenvalue weighted by atomic mass is 10.2. The Morgan fingerprint density at radius 2 is 2.24 bits per heavy atom. The molecule has 2 aromatic heterocycles. The van der Waals surface area contributed by atoms with Crippen molar-refractivity contribution in [1.29, 1.82) is 0 Å². The normalized spacial score (nSPS) is 17.3. The van der Waals surface area contributed by atoms with Crippen molar-refractivity contribution in [2.45, 2.75) is 25.2 Å². The van der Waals surface area contributed by atoms with Gasteiger partial charge in [0, 0.05) is 25.2 Å². The number of pyridine rings is 1. The van der Waals surface area contributed by atoms with Gasteiger partial charge in [-0.15, -0.1) is 0 Å². The number of imidazole rings is 1. The van der Waals surface area contributed by atoms with Crippen molar-refractivity contribution in [2.75, 3.05) is 19.8 Å². The maximum Gasteiger partial charge on any atom is 0.253 e. The van der Waals surface area contributed by atoms with Crippen LogP contribution in [0.3, 0.4) is 0 Å². The summed E-state index contributed by atoms with van der Waals surface area (Å²) in [6.45, 7) is 1.85. The smallest absolute Gasteiger partial charge is 0.253 e. The van der Waals surface area contributed by atoms with Crippen LogP contribution in [0, 0.1) is 0 Å². The maximum atomic E-state index is 12.5. The number of carbonyl (C=O) groups excluding carboxylic acids is 1. The predicted octanol–water partition coefficient (Wildman–Crippen LogP) is 2.42. The molecular formula is C16H18Cl2N6O. The largest absolute Gasteiger partial charge is 0.356 e. The lowest BCUT2D eigenvalue weighted by molar-refractivity contribution is 0.0954. The molecule has 1 saturated carbocycles. The highest BCUT2D eigenvalue weighted by atomic mass is 35.5. The number of hydrogen-bond acceptors (Lipinski definition) is 5. The fraction of sp³-hybridized carbons (Fsp3) is 0.438. The fourth-order valence-corrected chi connectivity index (χ4v) is 3.25. The minimum Gasteiger partial charge on any atom is -0.356 e. The van der Waals surface area contributed by atoms with Crippen molar-refractivity contribution in [3.8, 4) is 0 Å². The Morgan fingerprint density at radius 3 is 2.96 bits per heavy atom. The first-order valence-electron chi connectivity index (χ1n) is 8.30. The average molecular weight is 381 g/mol. The molecule has 4 rings (SSSR count).